The Balaban J connectivity index is 1.43. The molecule has 0 saturated carbocycles. The van der Waals surface area contributed by atoms with Gasteiger partial charge in [-0.3, -0.25) is 4.98 Å². The van der Waals surface area contributed by atoms with E-state index in [-0.39, 0.29) is 0 Å². The molecule has 0 amide bonds. The lowest BCUT2D eigenvalue weighted by Crippen LogP contribution is -1.94. The lowest BCUT2D eigenvalue weighted by molar-refractivity contribution is 0.623. The first kappa shape index (κ1) is 23.9. The number of aromatic nitrogens is 2. The van der Waals surface area contributed by atoms with Crippen molar-refractivity contribution in [2.45, 2.75) is 0 Å². The molecule has 0 bridgehead atoms. The van der Waals surface area contributed by atoms with Crippen LogP contribution in [0.3, 0.4) is 0 Å². The highest BCUT2D eigenvalue weighted by Gasteiger charge is 2.26. The zero-order chi connectivity index (χ0) is 28.3. The van der Waals surface area contributed by atoms with Gasteiger partial charge in [0.1, 0.15) is 11.3 Å². The smallest absolute Gasteiger partial charge is 0.146 e. The summed E-state index contributed by atoms with van der Waals surface area (Å²) in [5, 5.41) is 6.79. The molecule has 43 heavy (non-hydrogen) atoms. The number of pyridine rings is 1. The summed E-state index contributed by atoms with van der Waals surface area (Å²) in [7, 11) is 0. The Morgan fingerprint density at radius 1 is 0.419 bits per heavy atom. The number of hydrogen-bond donors (Lipinski definition) is 0. The van der Waals surface area contributed by atoms with Crippen molar-refractivity contribution in [3.63, 3.8) is 0 Å². The summed E-state index contributed by atoms with van der Waals surface area (Å²) in [5.41, 5.74) is 9.63. The van der Waals surface area contributed by atoms with Crippen molar-refractivity contribution in [2.24, 2.45) is 0 Å². The fourth-order valence-electron chi connectivity index (χ4n) is 6.68. The van der Waals surface area contributed by atoms with E-state index >= 15 is 0 Å². The summed E-state index contributed by atoms with van der Waals surface area (Å²) < 4.78 is 6.92. The van der Waals surface area contributed by atoms with E-state index in [1.54, 1.807) is 0 Å². The van der Waals surface area contributed by atoms with Gasteiger partial charge in [-0.25, -0.2) is 4.98 Å². The van der Waals surface area contributed by atoms with Crippen molar-refractivity contribution in [3.8, 4) is 44.8 Å². The van der Waals surface area contributed by atoms with E-state index in [1.807, 2.05) is 30.6 Å². The average molecular weight is 549 g/mol. The molecule has 6 aromatic carbocycles. The van der Waals surface area contributed by atoms with Crippen LogP contribution in [0.25, 0.3) is 88.3 Å². The Morgan fingerprint density at radius 3 is 1.72 bits per heavy atom. The first-order chi connectivity index (χ1) is 21.3. The molecule has 0 radical (unpaired) electrons. The zero-order valence-electron chi connectivity index (χ0n) is 23.2. The van der Waals surface area contributed by atoms with E-state index in [0.29, 0.717) is 0 Å². The number of fused-ring (bicyclic) bond motifs is 7. The predicted octanol–water partition coefficient (Wildman–Crippen LogP) is 10.8. The second-order valence-electron chi connectivity index (χ2n) is 10.9. The van der Waals surface area contributed by atoms with Crippen LogP contribution in [0.2, 0.25) is 0 Å². The van der Waals surface area contributed by atoms with Crippen LogP contribution in [0, 0.1) is 0 Å². The summed E-state index contributed by atoms with van der Waals surface area (Å²) >= 11 is 0. The molecule has 3 nitrogen and oxygen atoms in total. The van der Waals surface area contributed by atoms with Gasteiger partial charge in [0.05, 0.1) is 16.8 Å². The van der Waals surface area contributed by atoms with Crippen molar-refractivity contribution in [1.82, 2.24) is 9.97 Å². The Morgan fingerprint density at radius 2 is 1.00 bits per heavy atom. The summed E-state index contributed by atoms with van der Waals surface area (Å²) in [6, 6.07) is 46.9. The van der Waals surface area contributed by atoms with Gasteiger partial charge >= 0.3 is 0 Å². The second-order valence-corrected chi connectivity index (χ2v) is 10.9. The van der Waals surface area contributed by atoms with Crippen LogP contribution in [0.1, 0.15) is 0 Å². The number of hydrogen-bond acceptors (Lipinski definition) is 3. The van der Waals surface area contributed by atoms with Crippen molar-refractivity contribution in [2.75, 3.05) is 0 Å². The van der Waals surface area contributed by atoms with Gasteiger partial charge in [0.15, 0.2) is 0 Å². The summed E-state index contributed by atoms with van der Waals surface area (Å²) in [6.45, 7) is 0. The van der Waals surface area contributed by atoms with Crippen molar-refractivity contribution < 1.29 is 4.42 Å². The molecule has 0 atom stereocenters. The van der Waals surface area contributed by atoms with Crippen molar-refractivity contribution in [3.05, 3.63) is 146 Å². The van der Waals surface area contributed by atoms with E-state index in [1.165, 1.54) is 21.9 Å². The van der Waals surface area contributed by atoms with Crippen LogP contribution < -0.4 is 0 Å². The van der Waals surface area contributed by atoms with Crippen LogP contribution in [0.15, 0.2) is 150 Å². The Hall–Kier alpha value is -5.80. The largest absolute Gasteiger partial charge is 0.455 e. The van der Waals surface area contributed by atoms with Gasteiger partial charge in [0, 0.05) is 28.7 Å². The fourth-order valence-corrected chi connectivity index (χ4v) is 6.68. The third-order valence-electron chi connectivity index (χ3n) is 8.55. The zero-order valence-corrected chi connectivity index (χ0v) is 23.2. The Bertz CT molecular complexity index is 2400. The third-order valence-corrected chi connectivity index (χ3v) is 8.55. The summed E-state index contributed by atoms with van der Waals surface area (Å²) in [6.07, 6.45) is 3.69. The Labute approximate surface area is 248 Å². The molecule has 3 heterocycles. The second kappa shape index (κ2) is 9.37. The molecular weight excluding hydrogens is 524 g/mol. The summed E-state index contributed by atoms with van der Waals surface area (Å²) in [4.78, 5) is 9.34. The molecule has 0 N–H and O–H groups in total. The molecule has 2 aliphatic rings. The Kier molecular flexibility index (Phi) is 5.20. The summed E-state index contributed by atoms with van der Waals surface area (Å²) in [5.74, 6) is 0.854. The van der Waals surface area contributed by atoms with Gasteiger partial charge < -0.3 is 4.42 Å². The molecule has 0 saturated heterocycles. The third kappa shape index (κ3) is 3.62. The standard InChI is InChI=1S/C40H24N2O/c1-3-14-30-28(12-1)36(27-11-9-10-26(24-27)25-20-22-41-23-21-25)29-13-2-4-15-31(29)37(30)40-38-32-16-5-7-18-34(32)42-39(38)33-17-6-8-19-35(33)43-40/h1-24H. The lowest BCUT2D eigenvalue weighted by atomic mass is 9.85. The van der Waals surface area contributed by atoms with E-state index < -0.39 is 0 Å². The van der Waals surface area contributed by atoms with Gasteiger partial charge in [0.2, 0.25) is 0 Å². The molecule has 0 spiro atoms. The molecule has 7 aromatic rings. The highest BCUT2D eigenvalue weighted by atomic mass is 16.3. The average Bonchev–Trinajstić information content (AvgIpc) is 3.48. The maximum absolute atomic E-state index is 6.92. The molecule has 1 aromatic heterocycles. The molecule has 9 rings (SSSR count). The highest BCUT2D eigenvalue weighted by molar-refractivity contribution is 6.24. The fraction of sp³-hybridized carbons (Fsp3) is 0. The number of nitrogens with zero attached hydrogens (tertiary/aromatic N) is 2. The lowest BCUT2D eigenvalue weighted by Gasteiger charge is -2.19. The van der Waals surface area contributed by atoms with E-state index in [2.05, 4.69) is 120 Å². The van der Waals surface area contributed by atoms with Gasteiger partial charge in [-0.15, -0.1) is 0 Å². The molecular formula is C40H24N2O. The highest BCUT2D eigenvalue weighted by Crippen LogP contribution is 2.50. The quantitative estimate of drug-likeness (QED) is 0.206. The van der Waals surface area contributed by atoms with Crippen molar-refractivity contribution in [1.29, 1.82) is 0 Å². The molecule has 0 unspecified atom stereocenters. The van der Waals surface area contributed by atoms with Gasteiger partial charge in [-0.1, -0.05) is 97.1 Å². The minimum Gasteiger partial charge on any atom is -0.455 e. The first-order valence-electron chi connectivity index (χ1n) is 14.5. The SMILES string of the molecule is c1cc(-c2ccncc2)cc(-c2c3ccccc3c(-c3oc4ccccc4c4nc5ccccc5c3-4)c3ccccc23)c1. The number of rotatable bonds is 3. The van der Waals surface area contributed by atoms with Crippen molar-refractivity contribution >= 4 is 43.4 Å². The maximum atomic E-state index is 6.92. The molecule has 0 fully saturated rings. The van der Waals surface area contributed by atoms with Crippen LogP contribution in [0.5, 0.6) is 0 Å². The molecule has 0 aliphatic carbocycles. The molecule has 200 valence electrons. The maximum Gasteiger partial charge on any atom is 0.146 e. The minimum atomic E-state index is 0.829. The molecule has 3 heteroatoms. The van der Waals surface area contributed by atoms with Gasteiger partial charge in [-0.05, 0) is 80.2 Å². The predicted molar refractivity (Wildman–Crippen MR) is 177 cm³/mol. The van der Waals surface area contributed by atoms with E-state index in [9.17, 15) is 0 Å². The minimum absolute atomic E-state index is 0.829. The number of para-hydroxylation sites is 2. The first-order valence-corrected chi connectivity index (χ1v) is 14.5. The van der Waals surface area contributed by atoms with Crippen LogP contribution >= 0.6 is 0 Å². The normalized spacial score (nSPS) is 11.7. The van der Waals surface area contributed by atoms with Crippen LogP contribution in [-0.2, 0) is 0 Å². The topological polar surface area (TPSA) is 38.9 Å². The van der Waals surface area contributed by atoms with E-state index in [4.69, 9.17) is 9.40 Å². The number of benzene rings is 6. The monoisotopic (exact) mass is 548 g/mol. The van der Waals surface area contributed by atoms with Gasteiger partial charge in [0.25, 0.3) is 0 Å². The van der Waals surface area contributed by atoms with E-state index in [0.717, 1.165) is 66.4 Å². The van der Waals surface area contributed by atoms with Gasteiger partial charge in [-0.2, -0.15) is 0 Å². The molecule has 2 aliphatic heterocycles. The van der Waals surface area contributed by atoms with Crippen LogP contribution in [0.4, 0.5) is 0 Å². The van der Waals surface area contributed by atoms with Crippen LogP contribution in [-0.4, -0.2) is 9.97 Å².